The van der Waals surface area contributed by atoms with Crippen molar-refractivity contribution in [3.8, 4) is 11.3 Å². The first kappa shape index (κ1) is 9.51. The maximum absolute atomic E-state index is 4.23. The Hall–Kier alpha value is -2.04. The van der Waals surface area contributed by atoms with Gasteiger partial charge in [0.25, 0.3) is 0 Å². The first-order chi connectivity index (χ1) is 7.33. The standard InChI is InChI=1S/C10H11N5/c1-7-9(8-3-12-5-13-4-8)14-6-15-10(7)11-2/h3-6H,1-2H3,(H,11,14,15). The molecule has 0 amide bonds. The largest absolute Gasteiger partial charge is 0.373 e. The lowest BCUT2D eigenvalue weighted by atomic mass is 10.1. The van der Waals surface area contributed by atoms with Crippen LogP contribution in [-0.4, -0.2) is 27.0 Å². The molecule has 15 heavy (non-hydrogen) atoms. The Balaban J connectivity index is 2.54. The second-order valence-corrected chi connectivity index (χ2v) is 3.07. The minimum atomic E-state index is 0.823. The number of aromatic nitrogens is 4. The summed E-state index contributed by atoms with van der Waals surface area (Å²) in [6.07, 6.45) is 6.50. The molecule has 0 aliphatic rings. The van der Waals surface area contributed by atoms with Crippen LogP contribution in [0.1, 0.15) is 5.56 Å². The third kappa shape index (κ3) is 1.76. The Morgan fingerprint density at radius 2 is 1.80 bits per heavy atom. The highest BCUT2D eigenvalue weighted by molar-refractivity contribution is 5.66. The van der Waals surface area contributed by atoms with E-state index in [1.54, 1.807) is 12.4 Å². The molecule has 0 aliphatic carbocycles. The minimum absolute atomic E-state index is 0.823. The smallest absolute Gasteiger partial charge is 0.132 e. The third-order valence-corrected chi connectivity index (χ3v) is 2.15. The molecule has 0 atom stereocenters. The van der Waals surface area contributed by atoms with Gasteiger partial charge in [-0.25, -0.2) is 19.9 Å². The second kappa shape index (κ2) is 4.00. The molecule has 0 saturated heterocycles. The minimum Gasteiger partial charge on any atom is -0.373 e. The van der Waals surface area contributed by atoms with Gasteiger partial charge in [0.05, 0.1) is 5.69 Å². The van der Waals surface area contributed by atoms with E-state index in [1.165, 1.54) is 12.7 Å². The molecule has 2 aromatic heterocycles. The fourth-order valence-electron chi connectivity index (χ4n) is 1.41. The highest BCUT2D eigenvalue weighted by atomic mass is 15.0. The molecule has 76 valence electrons. The highest BCUT2D eigenvalue weighted by Gasteiger charge is 2.07. The molecule has 0 fully saturated rings. The predicted molar refractivity (Wildman–Crippen MR) is 57.3 cm³/mol. The molecule has 0 spiro atoms. The number of hydrogen-bond donors (Lipinski definition) is 1. The SMILES string of the molecule is CNc1ncnc(-c2cncnc2)c1C. The zero-order valence-corrected chi connectivity index (χ0v) is 8.60. The molecular weight excluding hydrogens is 190 g/mol. The van der Waals surface area contributed by atoms with E-state index in [4.69, 9.17) is 0 Å². The average molecular weight is 201 g/mol. The van der Waals surface area contributed by atoms with Crippen LogP contribution in [0, 0.1) is 6.92 Å². The van der Waals surface area contributed by atoms with Crippen molar-refractivity contribution >= 4 is 5.82 Å². The van der Waals surface area contributed by atoms with E-state index in [-0.39, 0.29) is 0 Å². The van der Waals surface area contributed by atoms with E-state index in [1.807, 2.05) is 14.0 Å². The predicted octanol–water partition coefficient (Wildman–Crippen LogP) is 1.28. The quantitative estimate of drug-likeness (QED) is 0.793. The van der Waals surface area contributed by atoms with Gasteiger partial charge >= 0.3 is 0 Å². The summed E-state index contributed by atoms with van der Waals surface area (Å²) in [5.74, 6) is 0.823. The summed E-state index contributed by atoms with van der Waals surface area (Å²) in [5.41, 5.74) is 2.75. The van der Waals surface area contributed by atoms with E-state index >= 15 is 0 Å². The Morgan fingerprint density at radius 3 is 2.47 bits per heavy atom. The van der Waals surface area contributed by atoms with Gasteiger partial charge in [-0.1, -0.05) is 0 Å². The fourth-order valence-corrected chi connectivity index (χ4v) is 1.41. The van der Waals surface area contributed by atoms with E-state index < -0.39 is 0 Å². The van der Waals surface area contributed by atoms with Crippen molar-refractivity contribution in [3.05, 3.63) is 30.6 Å². The zero-order chi connectivity index (χ0) is 10.7. The summed E-state index contributed by atoms with van der Waals surface area (Å²) < 4.78 is 0. The van der Waals surface area contributed by atoms with Gasteiger partial charge in [0, 0.05) is 30.6 Å². The van der Waals surface area contributed by atoms with Crippen molar-refractivity contribution in [1.82, 2.24) is 19.9 Å². The second-order valence-electron chi connectivity index (χ2n) is 3.07. The Bertz CT molecular complexity index is 455. The summed E-state index contributed by atoms with van der Waals surface area (Å²) in [7, 11) is 1.83. The van der Waals surface area contributed by atoms with Crippen molar-refractivity contribution in [2.45, 2.75) is 6.92 Å². The van der Waals surface area contributed by atoms with Gasteiger partial charge in [0.15, 0.2) is 0 Å². The van der Waals surface area contributed by atoms with Crippen molar-refractivity contribution in [3.63, 3.8) is 0 Å². The molecule has 1 N–H and O–H groups in total. The van der Waals surface area contributed by atoms with Crippen molar-refractivity contribution < 1.29 is 0 Å². The van der Waals surface area contributed by atoms with Gasteiger partial charge in [-0.2, -0.15) is 0 Å². The first-order valence-corrected chi connectivity index (χ1v) is 4.57. The fraction of sp³-hybridized carbons (Fsp3) is 0.200. The monoisotopic (exact) mass is 201 g/mol. The number of anilines is 1. The maximum Gasteiger partial charge on any atom is 0.132 e. The van der Waals surface area contributed by atoms with Crippen LogP contribution >= 0.6 is 0 Å². The zero-order valence-electron chi connectivity index (χ0n) is 8.60. The summed E-state index contributed by atoms with van der Waals surface area (Å²) in [6.45, 7) is 1.97. The number of rotatable bonds is 2. The number of nitrogens with one attached hydrogen (secondary N) is 1. The first-order valence-electron chi connectivity index (χ1n) is 4.57. The van der Waals surface area contributed by atoms with E-state index in [9.17, 15) is 0 Å². The van der Waals surface area contributed by atoms with Crippen molar-refractivity contribution in [1.29, 1.82) is 0 Å². The van der Waals surface area contributed by atoms with Crippen LogP contribution in [0.25, 0.3) is 11.3 Å². The summed E-state index contributed by atoms with van der Waals surface area (Å²) >= 11 is 0. The molecule has 2 rings (SSSR count). The summed E-state index contributed by atoms with van der Waals surface area (Å²) in [4.78, 5) is 16.3. The van der Waals surface area contributed by atoms with Crippen molar-refractivity contribution in [2.24, 2.45) is 0 Å². The van der Waals surface area contributed by atoms with Gasteiger partial charge < -0.3 is 5.32 Å². The van der Waals surface area contributed by atoms with Crippen LogP contribution in [0.3, 0.4) is 0 Å². The maximum atomic E-state index is 4.23. The van der Waals surface area contributed by atoms with E-state index in [2.05, 4.69) is 25.3 Å². The molecule has 0 saturated carbocycles. The summed E-state index contributed by atoms with van der Waals surface area (Å²) in [5, 5.41) is 3.01. The van der Waals surface area contributed by atoms with Crippen molar-refractivity contribution in [2.75, 3.05) is 12.4 Å². The van der Waals surface area contributed by atoms with Gasteiger partial charge in [0.1, 0.15) is 18.5 Å². The van der Waals surface area contributed by atoms with Crippen LogP contribution in [0.15, 0.2) is 25.0 Å². The molecule has 0 aliphatic heterocycles. The normalized spacial score (nSPS) is 10.0. The lowest BCUT2D eigenvalue weighted by Gasteiger charge is -2.07. The topological polar surface area (TPSA) is 63.6 Å². The van der Waals surface area contributed by atoms with Crippen LogP contribution in [-0.2, 0) is 0 Å². The van der Waals surface area contributed by atoms with Gasteiger partial charge in [-0.05, 0) is 6.92 Å². The molecule has 0 radical (unpaired) electrons. The van der Waals surface area contributed by atoms with E-state index in [0.717, 1.165) is 22.6 Å². The molecule has 0 aromatic carbocycles. The lowest BCUT2D eigenvalue weighted by Crippen LogP contribution is -1.99. The highest BCUT2D eigenvalue weighted by Crippen LogP contribution is 2.22. The number of hydrogen-bond acceptors (Lipinski definition) is 5. The Labute approximate surface area is 87.6 Å². The van der Waals surface area contributed by atoms with Crippen LogP contribution < -0.4 is 5.32 Å². The van der Waals surface area contributed by atoms with Crippen LogP contribution in [0.2, 0.25) is 0 Å². The van der Waals surface area contributed by atoms with E-state index in [0.29, 0.717) is 0 Å². The summed E-state index contributed by atoms with van der Waals surface area (Å²) in [6, 6.07) is 0. The molecular formula is C10H11N5. The molecule has 5 nitrogen and oxygen atoms in total. The molecule has 2 aromatic rings. The molecule has 5 heteroatoms. The van der Waals surface area contributed by atoms with Gasteiger partial charge in [0.2, 0.25) is 0 Å². The average Bonchev–Trinajstić information content (AvgIpc) is 2.30. The van der Waals surface area contributed by atoms with Gasteiger partial charge in [-0.15, -0.1) is 0 Å². The number of nitrogens with zero attached hydrogens (tertiary/aromatic N) is 4. The Morgan fingerprint density at radius 1 is 1.07 bits per heavy atom. The van der Waals surface area contributed by atoms with Crippen LogP contribution in [0.5, 0.6) is 0 Å². The lowest BCUT2D eigenvalue weighted by molar-refractivity contribution is 1.11. The molecule has 0 unspecified atom stereocenters. The third-order valence-electron chi connectivity index (χ3n) is 2.15. The van der Waals surface area contributed by atoms with Crippen LogP contribution in [0.4, 0.5) is 5.82 Å². The van der Waals surface area contributed by atoms with Gasteiger partial charge in [-0.3, -0.25) is 0 Å². The Kier molecular flexibility index (Phi) is 2.53. The molecule has 2 heterocycles. The molecule has 0 bridgehead atoms.